The van der Waals surface area contributed by atoms with Crippen molar-refractivity contribution >= 4 is 5.78 Å². The Kier molecular flexibility index (Phi) is 2.65. The Morgan fingerprint density at radius 1 is 1.43 bits per heavy atom. The van der Waals surface area contributed by atoms with Crippen LogP contribution < -0.4 is 0 Å². The van der Waals surface area contributed by atoms with E-state index in [0.29, 0.717) is 11.2 Å². The van der Waals surface area contributed by atoms with Crippen molar-refractivity contribution in [2.45, 2.75) is 39.0 Å². The van der Waals surface area contributed by atoms with Crippen LogP contribution in [-0.4, -0.2) is 30.8 Å². The van der Waals surface area contributed by atoms with E-state index in [-0.39, 0.29) is 0 Å². The number of ketones is 1. The molecule has 0 aromatic heterocycles. The fourth-order valence-electron chi connectivity index (χ4n) is 3.03. The third-order valence-corrected chi connectivity index (χ3v) is 4.10. The van der Waals surface area contributed by atoms with Gasteiger partial charge in [-0.3, -0.25) is 0 Å². The highest BCUT2D eigenvalue weighted by Gasteiger charge is 2.53. The van der Waals surface area contributed by atoms with Gasteiger partial charge in [0.15, 0.2) is 0 Å². The summed E-state index contributed by atoms with van der Waals surface area (Å²) in [6, 6.07) is 0. The molecule has 0 aromatic carbocycles. The van der Waals surface area contributed by atoms with Crippen molar-refractivity contribution in [1.82, 2.24) is 4.90 Å². The van der Waals surface area contributed by atoms with Crippen LogP contribution in [0, 0.1) is 11.3 Å². The van der Waals surface area contributed by atoms with E-state index in [4.69, 9.17) is 0 Å². The lowest BCUT2D eigenvalue weighted by Gasteiger charge is -2.14. The summed E-state index contributed by atoms with van der Waals surface area (Å²) in [4.78, 5) is 13.5. The third kappa shape index (κ3) is 2.00. The van der Waals surface area contributed by atoms with Crippen LogP contribution in [0.5, 0.6) is 0 Å². The molecule has 1 spiro atoms. The van der Waals surface area contributed by atoms with Gasteiger partial charge in [0.2, 0.25) is 0 Å². The molecule has 1 heterocycles. The van der Waals surface area contributed by atoms with Crippen molar-refractivity contribution in [2.24, 2.45) is 11.3 Å². The average molecular weight is 195 g/mol. The van der Waals surface area contributed by atoms with Crippen LogP contribution in [0.15, 0.2) is 0 Å². The maximum Gasteiger partial charge on any atom is 0.130 e. The summed E-state index contributed by atoms with van der Waals surface area (Å²) in [7, 11) is 2.21. The lowest BCUT2D eigenvalue weighted by molar-refractivity contribution is -0.117. The minimum atomic E-state index is 0.379. The molecule has 0 N–H and O–H groups in total. The quantitative estimate of drug-likeness (QED) is 0.672. The van der Waals surface area contributed by atoms with E-state index >= 15 is 0 Å². The zero-order valence-electron chi connectivity index (χ0n) is 9.38. The van der Waals surface area contributed by atoms with Gasteiger partial charge >= 0.3 is 0 Å². The minimum absolute atomic E-state index is 0.379. The van der Waals surface area contributed by atoms with Crippen molar-refractivity contribution in [3.63, 3.8) is 0 Å². The molecule has 2 fully saturated rings. The predicted octanol–water partition coefficient (Wildman–Crippen LogP) is 2.09. The topological polar surface area (TPSA) is 20.3 Å². The molecule has 80 valence electrons. The molecular formula is C12H21NO. The van der Waals surface area contributed by atoms with Crippen LogP contribution in [0.2, 0.25) is 0 Å². The first kappa shape index (κ1) is 10.2. The smallest absolute Gasteiger partial charge is 0.130 e. The summed E-state index contributed by atoms with van der Waals surface area (Å²) >= 11 is 0. The average Bonchev–Trinajstić information content (AvgIpc) is 2.78. The summed E-state index contributed by atoms with van der Waals surface area (Å²) in [5.74, 6) is 1.11. The second-order valence-electron chi connectivity index (χ2n) is 5.33. The molecule has 1 saturated heterocycles. The van der Waals surface area contributed by atoms with E-state index in [0.717, 1.165) is 12.3 Å². The number of nitrogens with zero attached hydrogens (tertiary/aromatic N) is 1. The van der Waals surface area contributed by atoms with Gasteiger partial charge in [0.1, 0.15) is 5.78 Å². The predicted molar refractivity (Wildman–Crippen MR) is 57.2 cm³/mol. The van der Waals surface area contributed by atoms with Gasteiger partial charge in [0, 0.05) is 6.42 Å². The van der Waals surface area contributed by atoms with Crippen molar-refractivity contribution < 1.29 is 4.79 Å². The Morgan fingerprint density at radius 3 is 2.93 bits per heavy atom. The molecule has 0 aromatic rings. The third-order valence-electron chi connectivity index (χ3n) is 4.10. The molecule has 2 aliphatic rings. The Hall–Kier alpha value is -0.370. The summed E-state index contributed by atoms with van der Waals surface area (Å²) in [5.41, 5.74) is 0.580. The Bertz CT molecular complexity index is 238. The Balaban J connectivity index is 1.89. The van der Waals surface area contributed by atoms with Gasteiger partial charge in [0.05, 0.1) is 0 Å². The molecule has 2 atom stereocenters. The van der Waals surface area contributed by atoms with E-state index in [1.165, 1.54) is 38.8 Å². The maximum atomic E-state index is 11.1. The Labute approximate surface area is 86.7 Å². The molecule has 14 heavy (non-hydrogen) atoms. The van der Waals surface area contributed by atoms with Gasteiger partial charge in [-0.25, -0.2) is 0 Å². The highest BCUT2D eigenvalue weighted by molar-refractivity contribution is 5.76. The largest absolute Gasteiger partial charge is 0.306 e. The molecule has 1 aliphatic heterocycles. The highest BCUT2D eigenvalue weighted by atomic mass is 16.1. The second-order valence-corrected chi connectivity index (χ2v) is 5.33. The number of Topliss-reactive ketones (excluding diaryl/α,β-unsaturated/α-hetero) is 1. The first-order valence-electron chi connectivity index (χ1n) is 5.80. The first-order chi connectivity index (χ1) is 6.62. The maximum absolute atomic E-state index is 11.1. The van der Waals surface area contributed by atoms with Crippen molar-refractivity contribution in [1.29, 1.82) is 0 Å². The SMILES string of the molecule is CC(=O)CC1CC12CCCN(C)CC2. The monoisotopic (exact) mass is 195 g/mol. The number of hydrogen-bond donors (Lipinski definition) is 0. The van der Waals surface area contributed by atoms with Crippen LogP contribution in [0.1, 0.15) is 39.0 Å². The standard InChI is InChI=1S/C12H21NO/c1-10(14)8-11-9-12(11)4-3-6-13(2)7-5-12/h11H,3-9H2,1-2H3. The van der Waals surface area contributed by atoms with Crippen LogP contribution in [0.4, 0.5) is 0 Å². The normalized spacial score (nSPS) is 38.3. The number of carbonyl (C=O) groups is 1. The van der Waals surface area contributed by atoms with E-state index < -0.39 is 0 Å². The number of likely N-dealkylation sites (tertiary alicyclic amines) is 1. The van der Waals surface area contributed by atoms with Crippen LogP contribution in [0.25, 0.3) is 0 Å². The molecule has 0 radical (unpaired) electrons. The zero-order valence-corrected chi connectivity index (χ0v) is 9.38. The fraction of sp³-hybridized carbons (Fsp3) is 0.917. The van der Waals surface area contributed by atoms with Gasteiger partial charge in [-0.05, 0) is 64.1 Å². The number of hydrogen-bond acceptors (Lipinski definition) is 2. The number of carbonyl (C=O) groups excluding carboxylic acids is 1. The molecule has 1 saturated carbocycles. The summed E-state index contributed by atoms with van der Waals surface area (Å²) in [5, 5.41) is 0. The van der Waals surface area contributed by atoms with Gasteiger partial charge in [0.25, 0.3) is 0 Å². The molecule has 2 unspecified atom stereocenters. The molecule has 2 nitrogen and oxygen atoms in total. The van der Waals surface area contributed by atoms with Crippen LogP contribution >= 0.6 is 0 Å². The van der Waals surface area contributed by atoms with Crippen LogP contribution in [-0.2, 0) is 4.79 Å². The highest BCUT2D eigenvalue weighted by Crippen LogP contribution is 2.60. The molecular weight excluding hydrogens is 174 g/mol. The minimum Gasteiger partial charge on any atom is -0.306 e. The van der Waals surface area contributed by atoms with Crippen molar-refractivity contribution in [2.75, 3.05) is 20.1 Å². The summed E-state index contributed by atoms with van der Waals surface area (Å²) in [6.45, 7) is 4.21. The fourth-order valence-corrected chi connectivity index (χ4v) is 3.03. The molecule has 0 bridgehead atoms. The second kappa shape index (κ2) is 3.65. The van der Waals surface area contributed by atoms with E-state index in [9.17, 15) is 4.79 Å². The molecule has 0 amide bonds. The van der Waals surface area contributed by atoms with E-state index in [1.54, 1.807) is 6.92 Å². The molecule has 2 rings (SSSR count). The number of rotatable bonds is 2. The van der Waals surface area contributed by atoms with E-state index in [1.807, 2.05) is 0 Å². The molecule has 2 heteroatoms. The Morgan fingerprint density at radius 2 is 2.21 bits per heavy atom. The van der Waals surface area contributed by atoms with Crippen molar-refractivity contribution in [3.8, 4) is 0 Å². The van der Waals surface area contributed by atoms with Gasteiger partial charge in [-0.1, -0.05) is 0 Å². The van der Waals surface area contributed by atoms with Gasteiger partial charge in [-0.2, -0.15) is 0 Å². The first-order valence-corrected chi connectivity index (χ1v) is 5.80. The summed E-state index contributed by atoms with van der Waals surface area (Å²) in [6.07, 6.45) is 6.16. The van der Waals surface area contributed by atoms with Crippen molar-refractivity contribution in [3.05, 3.63) is 0 Å². The zero-order chi connectivity index (χ0) is 10.2. The summed E-state index contributed by atoms with van der Waals surface area (Å²) < 4.78 is 0. The van der Waals surface area contributed by atoms with Gasteiger partial charge in [-0.15, -0.1) is 0 Å². The lowest BCUT2D eigenvalue weighted by atomic mass is 9.93. The van der Waals surface area contributed by atoms with Crippen LogP contribution in [0.3, 0.4) is 0 Å². The molecule has 1 aliphatic carbocycles. The lowest BCUT2D eigenvalue weighted by Crippen LogP contribution is -2.19. The van der Waals surface area contributed by atoms with E-state index in [2.05, 4.69) is 11.9 Å². The van der Waals surface area contributed by atoms with Gasteiger partial charge < -0.3 is 9.69 Å².